The number of carbonyl (C=O) groups excluding carboxylic acids is 3. The number of phenols is 1. The molecule has 176 valence electrons. The van der Waals surface area contributed by atoms with Gasteiger partial charge in [0.15, 0.2) is 17.3 Å². The van der Waals surface area contributed by atoms with Crippen molar-refractivity contribution < 1.29 is 24.4 Å². The van der Waals surface area contributed by atoms with Crippen LogP contribution in [0, 0.1) is 17.0 Å². The van der Waals surface area contributed by atoms with E-state index >= 15 is 0 Å². The van der Waals surface area contributed by atoms with Gasteiger partial charge in [0.1, 0.15) is 5.75 Å². The predicted octanol–water partition coefficient (Wildman–Crippen LogP) is 5.86. The van der Waals surface area contributed by atoms with Crippen LogP contribution in [0.25, 0.3) is 16.6 Å². The van der Waals surface area contributed by atoms with Gasteiger partial charge in [-0.3, -0.25) is 24.5 Å². The highest BCUT2D eigenvalue weighted by Gasteiger charge is 2.24. The minimum Gasteiger partial charge on any atom is -0.507 e. The van der Waals surface area contributed by atoms with Gasteiger partial charge >= 0.3 is 0 Å². The van der Waals surface area contributed by atoms with Gasteiger partial charge in [-0.25, -0.2) is 0 Å². The number of aromatic nitrogens is 1. The van der Waals surface area contributed by atoms with Gasteiger partial charge in [-0.15, -0.1) is 0 Å². The van der Waals surface area contributed by atoms with Crippen LogP contribution in [0.15, 0.2) is 60.7 Å². The normalized spacial score (nSPS) is 10.9. The van der Waals surface area contributed by atoms with Gasteiger partial charge in [0.05, 0.1) is 22.4 Å². The Kier molecular flexibility index (Phi) is 6.24. The highest BCUT2D eigenvalue weighted by atomic mass is 35.5. The molecule has 1 N–H and O–H groups in total. The third-order valence-electron chi connectivity index (χ3n) is 5.78. The Morgan fingerprint density at radius 1 is 1.00 bits per heavy atom. The van der Waals surface area contributed by atoms with Gasteiger partial charge in [-0.1, -0.05) is 11.6 Å². The third-order valence-corrected chi connectivity index (χ3v) is 6.03. The Labute approximate surface area is 204 Å². The molecule has 0 saturated carbocycles. The van der Waals surface area contributed by atoms with E-state index in [-0.39, 0.29) is 28.3 Å². The molecule has 0 aliphatic heterocycles. The zero-order chi connectivity index (χ0) is 25.4. The Morgan fingerprint density at radius 3 is 2.20 bits per heavy atom. The molecule has 0 aliphatic rings. The Balaban J connectivity index is 1.77. The van der Waals surface area contributed by atoms with E-state index in [0.29, 0.717) is 32.9 Å². The highest BCUT2D eigenvalue weighted by Crippen LogP contribution is 2.35. The van der Waals surface area contributed by atoms with E-state index in [0.717, 1.165) is 0 Å². The van der Waals surface area contributed by atoms with Gasteiger partial charge < -0.3 is 9.67 Å². The van der Waals surface area contributed by atoms with E-state index in [1.54, 1.807) is 35.8 Å². The summed E-state index contributed by atoms with van der Waals surface area (Å²) in [5, 5.41) is 22.4. The van der Waals surface area contributed by atoms with Gasteiger partial charge in [-0.05, 0) is 62.4 Å². The zero-order valence-corrected chi connectivity index (χ0v) is 19.5. The first-order chi connectivity index (χ1) is 16.6. The number of halogens is 1. The number of fused-ring (bicyclic) bond motifs is 1. The number of hydrogen-bond acceptors (Lipinski definition) is 6. The number of nitro benzene ring substituents is 1. The summed E-state index contributed by atoms with van der Waals surface area (Å²) in [4.78, 5) is 48.3. The van der Waals surface area contributed by atoms with Gasteiger partial charge in [0, 0.05) is 45.0 Å². The molecule has 3 aromatic carbocycles. The molecule has 4 rings (SSSR count). The summed E-state index contributed by atoms with van der Waals surface area (Å²) in [7, 11) is 0. The van der Waals surface area contributed by atoms with Crippen molar-refractivity contribution in [3.63, 3.8) is 0 Å². The average Bonchev–Trinajstić information content (AvgIpc) is 3.09. The molecule has 1 aromatic heterocycles. The molecule has 35 heavy (non-hydrogen) atoms. The van der Waals surface area contributed by atoms with Crippen molar-refractivity contribution in [2.24, 2.45) is 0 Å². The molecule has 8 nitrogen and oxygen atoms in total. The molecule has 0 spiro atoms. The number of carbonyl (C=O) groups is 3. The molecule has 0 unspecified atom stereocenters. The molecule has 4 aromatic rings. The largest absolute Gasteiger partial charge is 0.507 e. The first kappa shape index (κ1) is 23.8. The summed E-state index contributed by atoms with van der Waals surface area (Å²) in [5.41, 5.74) is 2.15. The van der Waals surface area contributed by atoms with Crippen molar-refractivity contribution in [3.05, 3.63) is 98.2 Å². The Bertz CT molecular complexity index is 1520. The number of nitrogens with zero attached hydrogens (tertiary/aromatic N) is 2. The molecule has 0 fully saturated rings. The molecule has 1 heterocycles. The third kappa shape index (κ3) is 4.43. The fourth-order valence-electron chi connectivity index (χ4n) is 4.15. The van der Waals surface area contributed by atoms with Gasteiger partial charge in [-0.2, -0.15) is 0 Å². The average molecular weight is 491 g/mol. The number of non-ortho nitro benzene ring substituents is 1. The summed E-state index contributed by atoms with van der Waals surface area (Å²) in [6, 6.07) is 14.7. The van der Waals surface area contributed by atoms with Crippen LogP contribution in [0.1, 0.15) is 50.1 Å². The van der Waals surface area contributed by atoms with Crippen molar-refractivity contribution >= 4 is 45.5 Å². The number of hydrogen-bond donors (Lipinski definition) is 1. The molecule has 0 bridgehead atoms. The minimum absolute atomic E-state index is 0.0735. The lowest BCUT2D eigenvalue weighted by Crippen LogP contribution is -2.09. The lowest BCUT2D eigenvalue weighted by molar-refractivity contribution is -0.384. The van der Waals surface area contributed by atoms with Gasteiger partial charge in [0.2, 0.25) is 0 Å². The first-order valence-electron chi connectivity index (χ1n) is 10.5. The lowest BCUT2D eigenvalue weighted by atomic mass is 9.98. The molecule has 0 saturated heterocycles. The van der Waals surface area contributed by atoms with Crippen LogP contribution in [-0.4, -0.2) is 31.9 Å². The number of rotatable bonds is 7. The van der Waals surface area contributed by atoms with Crippen molar-refractivity contribution in [3.8, 4) is 11.4 Å². The number of benzene rings is 3. The van der Waals surface area contributed by atoms with E-state index in [1.807, 2.05) is 0 Å². The predicted molar refractivity (Wildman–Crippen MR) is 131 cm³/mol. The molecule has 9 heteroatoms. The first-order valence-corrected chi connectivity index (χ1v) is 10.9. The van der Waals surface area contributed by atoms with Crippen molar-refractivity contribution in [1.29, 1.82) is 0 Å². The van der Waals surface area contributed by atoms with Gasteiger partial charge in [0.25, 0.3) is 5.69 Å². The second-order valence-electron chi connectivity index (χ2n) is 8.04. The molecule has 0 radical (unpaired) electrons. The highest BCUT2D eigenvalue weighted by molar-refractivity contribution is 6.30. The van der Waals surface area contributed by atoms with E-state index in [1.165, 1.54) is 43.3 Å². The standard InChI is InChI=1S/C26H19ClN2O6/c1-14-26(15(2)30)20-12-24(32)21(11-22(20)28(14)18-9-5-17(27)6-10-18)25(33)13-23(31)16-3-7-19(8-4-16)29(34)35/h3-12,32H,13H2,1-2H3. The molecular weight excluding hydrogens is 472 g/mol. The van der Waals surface area contributed by atoms with Crippen molar-refractivity contribution in [2.45, 2.75) is 20.3 Å². The fraction of sp³-hybridized carbons (Fsp3) is 0.115. The summed E-state index contributed by atoms with van der Waals surface area (Å²) >= 11 is 6.02. The van der Waals surface area contributed by atoms with Crippen LogP contribution in [0.3, 0.4) is 0 Å². The van der Waals surface area contributed by atoms with Crippen LogP contribution in [0.2, 0.25) is 5.02 Å². The monoisotopic (exact) mass is 490 g/mol. The Morgan fingerprint density at radius 2 is 1.63 bits per heavy atom. The van der Waals surface area contributed by atoms with Crippen LogP contribution in [0.5, 0.6) is 5.75 Å². The zero-order valence-electron chi connectivity index (χ0n) is 18.7. The second-order valence-corrected chi connectivity index (χ2v) is 8.48. The van der Waals surface area contributed by atoms with Crippen molar-refractivity contribution in [1.82, 2.24) is 4.57 Å². The van der Waals surface area contributed by atoms with E-state index in [4.69, 9.17) is 11.6 Å². The lowest BCUT2D eigenvalue weighted by Gasteiger charge is -2.10. The van der Waals surface area contributed by atoms with Crippen molar-refractivity contribution in [2.75, 3.05) is 0 Å². The number of Topliss-reactive ketones (excluding diaryl/α,β-unsaturated/α-hetero) is 3. The summed E-state index contributed by atoms with van der Waals surface area (Å²) in [6.45, 7) is 3.19. The quantitative estimate of drug-likeness (QED) is 0.150. The van der Waals surface area contributed by atoms with Crippen LogP contribution in [-0.2, 0) is 0 Å². The van der Waals surface area contributed by atoms with Crippen LogP contribution in [0.4, 0.5) is 5.69 Å². The SMILES string of the molecule is CC(=O)c1c(C)n(-c2ccc(Cl)cc2)c2cc(C(=O)CC(=O)c3ccc([N+](=O)[O-])cc3)c(O)cc12. The van der Waals surface area contributed by atoms with Crippen LogP contribution < -0.4 is 0 Å². The Hall–Kier alpha value is -4.30. The van der Waals surface area contributed by atoms with E-state index < -0.39 is 22.9 Å². The van der Waals surface area contributed by atoms with E-state index in [9.17, 15) is 29.6 Å². The smallest absolute Gasteiger partial charge is 0.269 e. The summed E-state index contributed by atoms with van der Waals surface area (Å²) < 4.78 is 1.79. The number of phenolic OH excluding ortho intramolecular Hbond substituents is 1. The molecular formula is C26H19ClN2O6. The minimum atomic E-state index is -0.626. The number of aromatic hydroxyl groups is 1. The maximum atomic E-state index is 13.0. The topological polar surface area (TPSA) is 120 Å². The molecule has 0 atom stereocenters. The van der Waals surface area contributed by atoms with E-state index in [2.05, 4.69) is 0 Å². The van der Waals surface area contributed by atoms with Crippen LogP contribution >= 0.6 is 11.6 Å². The second kappa shape index (κ2) is 9.15. The number of nitro groups is 1. The fourth-order valence-corrected chi connectivity index (χ4v) is 4.28. The molecule has 0 aliphatic carbocycles. The number of ketones is 3. The maximum Gasteiger partial charge on any atom is 0.269 e. The molecule has 0 amide bonds. The summed E-state index contributed by atoms with van der Waals surface area (Å²) in [5.74, 6) is -1.72. The summed E-state index contributed by atoms with van der Waals surface area (Å²) in [6.07, 6.45) is -0.545. The maximum absolute atomic E-state index is 13.0.